The van der Waals surface area contributed by atoms with Gasteiger partial charge in [0.25, 0.3) is 0 Å². The van der Waals surface area contributed by atoms with Gasteiger partial charge in [-0.1, -0.05) is 32.0 Å². The molecule has 0 radical (unpaired) electrons. The molecular weight excluding hydrogens is 332 g/mol. The van der Waals surface area contributed by atoms with Crippen LogP contribution in [0.15, 0.2) is 36.4 Å². The molecule has 0 N–H and O–H groups in total. The van der Waals surface area contributed by atoms with Crippen molar-refractivity contribution >= 4 is 0 Å². The van der Waals surface area contributed by atoms with Gasteiger partial charge in [0.05, 0.1) is 26.4 Å². The Morgan fingerprint density at radius 3 is 2.42 bits per heavy atom. The molecule has 4 rings (SSSR count). The molecule has 1 saturated heterocycles. The molecule has 0 aromatic heterocycles. The average molecular weight is 356 g/mol. The summed E-state index contributed by atoms with van der Waals surface area (Å²) in [5, 5.41) is 0. The molecule has 0 aliphatic carbocycles. The van der Waals surface area contributed by atoms with Gasteiger partial charge in [0.15, 0.2) is 23.0 Å². The molecule has 4 unspecified atom stereocenters. The van der Waals surface area contributed by atoms with E-state index in [-0.39, 0.29) is 19.0 Å². The summed E-state index contributed by atoms with van der Waals surface area (Å²) in [6.45, 7) is 4.73. The molecule has 138 valence electrons. The maximum atomic E-state index is 6.53. The van der Waals surface area contributed by atoms with E-state index in [4.69, 9.17) is 23.7 Å². The highest BCUT2D eigenvalue weighted by Gasteiger charge is 2.42. The van der Waals surface area contributed by atoms with Crippen molar-refractivity contribution in [3.63, 3.8) is 0 Å². The minimum Gasteiger partial charge on any atom is -0.493 e. The Kier molecular flexibility index (Phi) is 4.41. The zero-order valence-electron chi connectivity index (χ0n) is 15.5. The predicted octanol–water partition coefficient (Wildman–Crippen LogP) is 4.52. The summed E-state index contributed by atoms with van der Waals surface area (Å²) in [6.07, 6.45) is -0.0779. The zero-order valence-corrected chi connectivity index (χ0v) is 15.5. The first-order valence-corrected chi connectivity index (χ1v) is 8.90. The normalized spacial score (nSPS) is 26.8. The number of fused-ring (bicyclic) bond motifs is 1. The van der Waals surface area contributed by atoms with Crippen molar-refractivity contribution in [3.8, 4) is 23.0 Å². The summed E-state index contributed by atoms with van der Waals surface area (Å²) >= 11 is 0. The van der Waals surface area contributed by atoms with E-state index in [0.29, 0.717) is 11.8 Å². The van der Waals surface area contributed by atoms with Gasteiger partial charge in [0.2, 0.25) is 6.79 Å². The number of hydrogen-bond acceptors (Lipinski definition) is 5. The molecule has 0 spiro atoms. The van der Waals surface area contributed by atoms with Gasteiger partial charge in [-0.05, 0) is 35.6 Å². The van der Waals surface area contributed by atoms with Gasteiger partial charge in [0.1, 0.15) is 0 Å². The molecule has 0 saturated carbocycles. The fraction of sp³-hybridized carbons (Fsp3) is 0.429. The lowest BCUT2D eigenvalue weighted by Gasteiger charge is -2.20. The van der Waals surface area contributed by atoms with Crippen molar-refractivity contribution in [2.75, 3.05) is 21.0 Å². The van der Waals surface area contributed by atoms with Crippen LogP contribution < -0.4 is 18.9 Å². The molecule has 2 aliphatic heterocycles. The number of ether oxygens (including phenoxy) is 5. The molecule has 0 amide bonds. The van der Waals surface area contributed by atoms with Gasteiger partial charge in [-0.2, -0.15) is 0 Å². The fourth-order valence-electron chi connectivity index (χ4n) is 3.92. The van der Waals surface area contributed by atoms with Crippen LogP contribution in [0, 0.1) is 11.8 Å². The Morgan fingerprint density at radius 1 is 0.885 bits per heavy atom. The van der Waals surface area contributed by atoms with Crippen LogP contribution in [-0.2, 0) is 4.74 Å². The summed E-state index contributed by atoms with van der Waals surface area (Å²) in [5.41, 5.74) is 2.13. The molecule has 4 atom stereocenters. The van der Waals surface area contributed by atoms with Crippen molar-refractivity contribution in [1.82, 2.24) is 0 Å². The predicted molar refractivity (Wildman–Crippen MR) is 97.0 cm³/mol. The van der Waals surface area contributed by atoms with Gasteiger partial charge in [-0.25, -0.2) is 0 Å². The van der Waals surface area contributed by atoms with E-state index < -0.39 is 0 Å². The summed E-state index contributed by atoms with van der Waals surface area (Å²) in [6, 6.07) is 12.0. The molecule has 1 fully saturated rings. The van der Waals surface area contributed by atoms with E-state index in [2.05, 4.69) is 26.0 Å². The highest BCUT2D eigenvalue weighted by Crippen LogP contribution is 2.52. The van der Waals surface area contributed by atoms with E-state index >= 15 is 0 Å². The molecule has 5 heteroatoms. The van der Waals surface area contributed by atoms with Crippen LogP contribution in [0.1, 0.15) is 37.2 Å². The highest BCUT2D eigenvalue weighted by atomic mass is 16.7. The summed E-state index contributed by atoms with van der Waals surface area (Å²) in [5.74, 6) is 3.71. The lowest BCUT2D eigenvalue weighted by molar-refractivity contribution is 0.0275. The first-order valence-electron chi connectivity index (χ1n) is 8.90. The molecule has 26 heavy (non-hydrogen) atoms. The van der Waals surface area contributed by atoms with Crippen molar-refractivity contribution < 1.29 is 23.7 Å². The number of methoxy groups -OCH3 is 2. The van der Waals surface area contributed by atoms with E-state index in [9.17, 15) is 0 Å². The van der Waals surface area contributed by atoms with Gasteiger partial charge in [-0.3, -0.25) is 0 Å². The Hall–Kier alpha value is -2.40. The zero-order chi connectivity index (χ0) is 18.3. The van der Waals surface area contributed by atoms with E-state index in [1.165, 1.54) is 0 Å². The number of para-hydroxylation sites is 1. The molecule has 2 aliphatic rings. The van der Waals surface area contributed by atoms with Crippen LogP contribution >= 0.6 is 0 Å². The van der Waals surface area contributed by atoms with Gasteiger partial charge < -0.3 is 23.7 Å². The summed E-state index contributed by atoms with van der Waals surface area (Å²) < 4.78 is 28.5. The standard InChI is InChI=1S/C21H24O5/c1-12-13(2)20(15-6-5-7-17(22-3)21(15)23-4)26-19(12)14-8-9-16-18(10-14)25-11-24-16/h5-10,12-13,19-20H,11H2,1-4H3. The third-order valence-corrected chi connectivity index (χ3v) is 5.54. The highest BCUT2D eigenvalue weighted by molar-refractivity contribution is 5.49. The smallest absolute Gasteiger partial charge is 0.231 e. The molecule has 5 nitrogen and oxygen atoms in total. The summed E-state index contributed by atoms with van der Waals surface area (Å²) in [4.78, 5) is 0. The van der Waals surface area contributed by atoms with Crippen LogP contribution in [-0.4, -0.2) is 21.0 Å². The van der Waals surface area contributed by atoms with Crippen molar-refractivity contribution in [1.29, 1.82) is 0 Å². The monoisotopic (exact) mass is 356 g/mol. The lowest BCUT2D eigenvalue weighted by Crippen LogP contribution is -2.10. The second-order valence-electron chi connectivity index (χ2n) is 6.89. The number of rotatable bonds is 4. The van der Waals surface area contributed by atoms with E-state index in [0.717, 1.165) is 34.1 Å². The van der Waals surface area contributed by atoms with Crippen LogP contribution in [0.4, 0.5) is 0 Å². The minimum atomic E-state index is -0.0644. The van der Waals surface area contributed by atoms with Crippen LogP contribution in [0.2, 0.25) is 0 Å². The average Bonchev–Trinajstić information content (AvgIpc) is 3.25. The first-order chi connectivity index (χ1) is 12.6. The molecular formula is C21H24O5. The van der Waals surface area contributed by atoms with Crippen molar-refractivity contribution in [3.05, 3.63) is 47.5 Å². The van der Waals surface area contributed by atoms with E-state index in [1.807, 2.05) is 24.3 Å². The quantitative estimate of drug-likeness (QED) is 0.806. The SMILES string of the molecule is COc1cccc(C2OC(c3ccc4c(c3)OCO4)C(C)C2C)c1OC. The maximum Gasteiger partial charge on any atom is 0.231 e. The Morgan fingerprint density at radius 2 is 1.65 bits per heavy atom. The van der Waals surface area contributed by atoms with Crippen molar-refractivity contribution in [2.24, 2.45) is 11.8 Å². The Bertz CT molecular complexity index is 803. The van der Waals surface area contributed by atoms with Crippen LogP contribution in [0.5, 0.6) is 23.0 Å². The number of benzene rings is 2. The van der Waals surface area contributed by atoms with E-state index in [1.54, 1.807) is 14.2 Å². The van der Waals surface area contributed by atoms with Crippen LogP contribution in [0.25, 0.3) is 0 Å². The Balaban J connectivity index is 1.67. The molecule has 0 bridgehead atoms. The molecule has 2 heterocycles. The first kappa shape index (κ1) is 17.0. The fourth-order valence-corrected chi connectivity index (χ4v) is 3.92. The molecule has 2 aromatic rings. The summed E-state index contributed by atoms with van der Waals surface area (Å²) in [7, 11) is 3.32. The maximum absolute atomic E-state index is 6.53. The van der Waals surface area contributed by atoms with Crippen LogP contribution in [0.3, 0.4) is 0 Å². The van der Waals surface area contributed by atoms with Gasteiger partial charge in [0, 0.05) is 5.56 Å². The van der Waals surface area contributed by atoms with Crippen molar-refractivity contribution in [2.45, 2.75) is 26.1 Å². The topological polar surface area (TPSA) is 46.2 Å². The second kappa shape index (κ2) is 6.72. The number of hydrogen-bond donors (Lipinski definition) is 0. The third-order valence-electron chi connectivity index (χ3n) is 5.54. The largest absolute Gasteiger partial charge is 0.493 e. The molecule has 2 aromatic carbocycles. The Labute approximate surface area is 153 Å². The van der Waals surface area contributed by atoms with Gasteiger partial charge in [-0.15, -0.1) is 0 Å². The second-order valence-corrected chi connectivity index (χ2v) is 6.89. The van der Waals surface area contributed by atoms with Gasteiger partial charge >= 0.3 is 0 Å². The lowest BCUT2D eigenvalue weighted by atomic mass is 9.85. The third kappa shape index (κ3) is 2.67. The minimum absolute atomic E-state index is 0.0135.